The van der Waals surface area contributed by atoms with Crippen LogP contribution in [0, 0.1) is 0 Å². The number of amides is 2. The second-order valence-corrected chi connectivity index (χ2v) is 7.22. The van der Waals surface area contributed by atoms with E-state index in [1.807, 2.05) is 37.3 Å². The van der Waals surface area contributed by atoms with Crippen LogP contribution in [0.1, 0.15) is 17.3 Å². The van der Waals surface area contributed by atoms with Crippen LogP contribution < -0.4 is 20.3 Å². The monoisotopic (exact) mass is 486 g/mol. The normalized spacial score (nSPS) is 10.5. The number of nitrogens with one attached hydrogen (secondary N) is 2. The number of carbonyl (C=O) groups excluding carboxylic acids is 2. The molecule has 3 aromatic carbocycles. The quantitative estimate of drug-likeness (QED) is 0.354. The molecule has 7 nitrogen and oxygen atoms in total. The highest BCUT2D eigenvalue weighted by Gasteiger charge is 2.14. The number of fused-ring (bicyclic) bond motifs is 1. The van der Waals surface area contributed by atoms with Crippen molar-refractivity contribution in [3.63, 3.8) is 0 Å². The fourth-order valence-electron chi connectivity index (χ4n) is 2.83. The molecule has 162 valence electrons. The molecule has 0 spiro atoms. The van der Waals surface area contributed by atoms with Crippen molar-refractivity contribution in [2.45, 2.75) is 6.92 Å². The van der Waals surface area contributed by atoms with Crippen LogP contribution in [-0.2, 0) is 9.53 Å². The zero-order valence-corrected chi connectivity index (χ0v) is 18.6. The molecule has 0 aliphatic carbocycles. The summed E-state index contributed by atoms with van der Waals surface area (Å²) in [6, 6.07) is 18.3. The van der Waals surface area contributed by atoms with Crippen LogP contribution in [0.15, 0.2) is 65.1 Å². The van der Waals surface area contributed by atoms with Crippen molar-refractivity contribution in [2.75, 3.05) is 26.4 Å². The van der Waals surface area contributed by atoms with Gasteiger partial charge in [-0.05, 0) is 51.8 Å². The number of hydrogen-bond donors (Lipinski definition) is 2. The number of hydrogen-bond acceptors (Lipinski definition) is 5. The van der Waals surface area contributed by atoms with E-state index in [-0.39, 0.29) is 6.61 Å². The summed E-state index contributed by atoms with van der Waals surface area (Å²) in [5.74, 6) is -0.0473. The van der Waals surface area contributed by atoms with Gasteiger partial charge in [-0.3, -0.25) is 20.4 Å². The van der Waals surface area contributed by atoms with Gasteiger partial charge in [0.05, 0.1) is 16.6 Å². The van der Waals surface area contributed by atoms with Gasteiger partial charge in [-0.15, -0.1) is 0 Å². The van der Waals surface area contributed by atoms with Crippen molar-refractivity contribution >= 4 is 38.5 Å². The fourth-order valence-corrected chi connectivity index (χ4v) is 3.44. The van der Waals surface area contributed by atoms with E-state index in [4.69, 9.17) is 14.2 Å². The number of benzene rings is 3. The molecule has 0 saturated heterocycles. The Morgan fingerprint density at radius 3 is 2.48 bits per heavy atom. The molecule has 8 heteroatoms. The molecule has 2 N–H and O–H groups in total. The van der Waals surface area contributed by atoms with Gasteiger partial charge in [0.2, 0.25) is 0 Å². The van der Waals surface area contributed by atoms with Gasteiger partial charge >= 0.3 is 0 Å². The Balaban J connectivity index is 1.52. The summed E-state index contributed by atoms with van der Waals surface area (Å²) in [6.07, 6.45) is 0. The number of rotatable bonds is 9. The maximum absolute atomic E-state index is 12.4. The topological polar surface area (TPSA) is 85.9 Å². The molecule has 0 saturated carbocycles. The Labute approximate surface area is 188 Å². The van der Waals surface area contributed by atoms with Gasteiger partial charge in [-0.1, -0.05) is 42.5 Å². The Bertz CT molecular complexity index is 1060. The van der Waals surface area contributed by atoms with Crippen LogP contribution in [0.3, 0.4) is 0 Å². The number of para-hydroxylation sites is 1. The molecule has 3 rings (SSSR count). The van der Waals surface area contributed by atoms with Crippen molar-refractivity contribution in [3.05, 3.63) is 70.7 Å². The van der Waals surface area contributed by atoms with Crippen molar-refractivity contribution in [1.29, 1.82) is 0 Å². The summed E-state index contributed by atoms with van der Waals surface area (Å²) >= 11 is 3.51. The van der Waals surface area contributed by atoms with Crippen LogP contribution in [0.4, 0.5) is 0 Å². The summed E-state index contributed by atoms with van der Waals surface area (Å²) in [6.45, 7) is 2.97. The summed E-state index contributed by atoms with van der Waals surface area (Å²) in [5.41, 5.74) is 5.04. The van der Waals surface area contributed by atoms with Crippen LogP contribution >= 0.6 is 15.9 Å². The maximum Gasteiger partial charge on any atom is 0.276 e. The molecule has 0 heterocycles. The van der Waals surface area contributed by atoms with Crippen molar-refractivity contribution in [1.82, 2.24) is 10.9 Å². The summed E-state index contributed by atoms with van der Waals surface area (Å²) in [7, 11) is 0. The van der Waals surface area contributed by atoms with E-state index < -0.39 is 11.8 Å². The number of carbonyl (C=O) groups is 2. The molecule has 0 bridgehead atoms. The fraction of sp³-hybridized carbons (Fsp3) is 0.217. The summed E-state index contributed by atoms with van der Waals surface area (Å²) < 4.78 is 17.2. The van der Waals surface area contributed by atoms with Gasteiger partial charge in [0, 0.05) is 6.61 Å². The highest BCUT2D eigenvalue weighted by molar-refractivity contribution is 9.10. The standard InChI is InChI=1S/C23H23BrN2O5/c1-2-29-13-14-30-19-10-6-5-9-18(19)23(28)26-25-21(27)15-31-20-12-11-16-7-3-4-8-17(16)22(20)24/h3-12H,2,13-15H2,1H3,(H,25,27)(H,26,28). The minimum Gasteiger partial charge on any atom is -0.490 e. The van der Waals surface area contributed by atoms with Gasteiger partial charge in [0.15, 0.2) is 6.61 Å². The SMILES string of the molecule is CCOCCOc1ccccc1C(=O)NNC(=O)COc1ccc2ccccc2c1Br. The summed E-state index contributed by atoms with van der Waals surface area (Å²) in [4.78, 5) is 24.6. The predicted molar refractivity (Wildman–Crippen MR) is 121 cm³/mol. The van der Waals surface area contributed by atoms with E-state index in [0.29, 0.717) is 36.9 Å². The Morgan fingerprint density at radius 1 is 0.871 bits per heavy atom. The predicted octanol–water partition coefficient (Wildman–Crippen LogP) is 3.86. The molecule has 0 aliphatic heterocycles. The van der Waals surface area contributed by atoms with Gasteiger partial charge in [0.25, 0.3) is 11.8 Å². The smallest absolute Gasteiger partial charge is 0.276 e. The lowest BCUT2D eigenvalue weighted by Gasteiger charge is -2.13. The lowest BCUT2D eigenvalue weighted by Crippen LogP contribution is -2.44. The van der Waals surface area contributed by atoms with Gasteiger partial charge in [0.1, 0.15) is 18.1 Å². The molecule has 0 aliphatic rings. The highest BCUT2D eigenvalue weighted by atomic mass is 79.9. The first-order valence-electron chi connectivity index (χ1n) is 9.79. The number of ether oxygens (including phenoxy) is 3. The Morgan fingerprint density at radius 2 is 1.65 bits per heavy atom. The average Bonchev–Trinajstić information content (AvgIpc) is 2.80. The molecule has 0 radical (unpaired) electrons. The van der Waals surface area contributed by atoms with Crippen molar-refractivity contribution in [2.24, 2.45) is 0 Å². The van der Waals surface area contributed by atoms with E-state index in [0.717, 1.165) is 15.2 Å². The van der Waals surface area contributed by atoms with E-state index >= 15 is 0 Å². The number of halogens is 1. The van der Waals surface area contributed by atoms with Crippen LogP contribution in [0.2, 0.25) is 0 Å². The summed E-state index contributed by atoms with van der Waals surface area (Å²) in [5, 5.41) is 2.04. The minimum absolute atomic E-state index is 0.260. The molecular formula is C23H23BrN2O5. The first kappa shape index (κ1) is 22.6. The van der Waals surface area contributed by atoms with Gasteiger partial charge in [-0.2, -0.15) is 0 Å². The molecule has 3 aromatic rings. The lowest BCUT2D eigenvalue weighted by atomic mass is 10.1. The van der Waals surface area contributed by atoms with E-state index in [1.54, 1.807) is 30.3 Å². The molecule has 0 atom stereocenters. The Hall–Kier alpha value is -3.10. The zero-order chi connectivity index (χ0) is 22.1. The average molecular weight is 487 g/mol. The third kappa shape index (κ3) is 6.19. The molecule has 2 amide bonds. The molecule has 31 heavy (non-hydrogen) atoms. The molecule has 0 unspecified atom stereocenters. The first-order chi connectivity index (χ1) is 15.1. The highest BCUT2D eigenvalue weighted by Crippen LogP contribution is 2.32. The van der Waals surface area contributed by atoms with E-state index in [1.165, 1.54) is 0 Å². The van der Waals surface area contributed by atoms with Gasteiger partial charge < -0.3 is 14.2 Å². The van der Waals surface area contributed by atoms with Crippen molar-refractivity contribution in [3.8, 4) is 11.5 Å². The zero-order valence-electron chi connectivity index (χ0n) is 17.0. The maximum atomic E-state index is 12.4. The van der Waals surface area contributed by atoms with Crippen LogP contribution in [0.25, 0.3) is 10.8 Å². The molecule has 0 fully saturated rings. The van der Waals surface area contributed by atoms with Crippen LogP contribution in [-0.4, -0.2) is 38.2 Å². The third-order valence-corrected chi connectivity index (χ3v) is 5.14. The largest absolute Gasteiger partial charge is 0.490 e. The third-order valence-electron chi connectivity index (χ3n) is 4.32. The second kappa shape index (κ2) is 11.3. The lowest BCUT2D eigenvalue weighted by molar-refractivity contribution is -0.123. The minimum atomic E-state index is -0.497. The Kier molecular flexibility index (Phi) is 8.26. The number of hydrazine groups is 1. The molecule has 0 aromatic heterocycles. The van der Waals surface area contributed by atoms with Gasteiger partial charge in [-0.25, -0.2) is 0 Å². The molecular weight excluding hydrogens is 464 g/mol. The van der Waals surface area contributed by atoms with Crippen molar-refractivity contribution < 1.29 is 23.8 Å². The van der Waals surface area contributed by atoms with E-state index in [2.05, 4.69) is 26.8 Å². The first-order valence-corrected chi connectivity index (χ1v) is 10.6. The van der Waals surface area contributed by atoms with Crippen LogP contribution in [0.5, 0.6) is 11.5 Å². The second-order valence-electron chi connectivity index (χ2n) is 6.43. The van der Waals surface area contributed by atoms with E-state index in [9.17, 15) is 9.59 Å².